The summed E-state index contributed by atoms with van der Waals surface area (Å²) in [5, 5.41) is 10.1. The third-order valence-corrected chi connectivity index (χ3v) is 5.95. The number of nitrogens with one attached hydrogen (secondary N) is 1. The number of hydrogen-bond acceptors (Lipinski definition) is 3. The molecule has 0 heterocycles. The largest absolute Gasteiger partial charge is 0.389 e. The van der Waals surface area contributed by atoms with Crippen molar-refractivity contribution in [2.45, 2.75) is 63.0 Å². The van der Waals surface area contributed by atoms with Crippen molar-refractivity contribution in [3.8, 4) is 0 Å². The zero-order valence-electron chi connectivity index (χ0n) is 12.5. The molecular formula is C15H23NO3S. The van der Waals surface area contributed by atoms with Crippen LogP contribution in [-0.2, 0) is 22.9 Å². The maximum atomic E-state index is 12.5. The number of hydrogen-bond donors (Lipinski definition) is 2. The van der Waals surface area contributed by atoms with Crippen molar-refractivity contribution in [3.05, 3.63) is 29.3 Å². The molecule has 20 heavy (non-hydrogen) atoms. The summed E-state index contributed by atoms with van der Waals surface area (Å²) in [6.45, 7) is 6.55. The summed E-state index contributed by atoms with van der Waals surface area (Å²) in [6, 6.07) is 5.30. The first-order valence-corrected chi connectivity index (χ1v) is 8.39. The molecule has 0 fully saturated rings. The van der Waals surface area contributed by atoms with Crippen LogP contribution in [0.2, 0.25) is 0 Å². The van der Waals surface area contributed by atoms with E-state index in [-0.39, 0.29) is 4.90 Å². The maximum Gasteiger partial charge on any atom is 0.241 e. The third-order valence-electron chi connectivity index (χ3n) is 4.30. The van der Waals surface area contributed by atoms with Gasteiger partial charge in [0.05, 0.1) is 16.0 Å². The highest BCUT2D eigenvalue weighted by Crippen LogP contribution is 2.27. The van der Waals surface area contributed by atoms with Gasteiger partial charge in [-0.2, -0.15) is 0 Å². The molecule has 0 saturated heterocycles. The first-order chi connectivity index (χ1) is 9.03. The van der Waals surface area contributed by atoms with Crippen molar-refractivity contribution in [1.29, 1.82) is 0 Å². The van der Waals surface area contributed by atoms with Gasteiger partial charge in [0.1, 0.15) is 0 Å². The van der Waals surface area contributed by atoms with Gasteiger partial charge in [0.25, 0.3) is 0 Å². The predicted molar refractivity (Wildman–Crippen MR) is 79.2 cm³/mol. The van der Waals surface area contributed by atoms with E-state index in [4.69, 9.17) is 0 Å². The lowest BCUT2D eigenvalue weighted by atomic mass is 9.87. The molecule has 4 nitrogen and oxygen atoms in total. The quantitative estimate of drug-likeness (QED) is 0.893. The number of sulfonamides is 1. The van der Waals surface area contributed by atoms with Gasteiger partial charge in [-0.15, -0.1) is 0 Å². The van der Waals surface area contributed by atoms with E-state index in [1.165, 1.54) is 5.56 Å². The van der Waals surface area contributed by atoms with Crippen LogP contribution in [0.15, 0.2) is 23.1 Å². The van der Waals surface area contributed by atoms with Crippen LogP contribution in [-0.4, -0.2) is 24.7 Å². The molecule has 1 aliphatic carbocycles. The molecule has 2 rings (SSSR count). The van der Waals surface area contributed by atoms with Crippen LogP contribution in [0.3, 0.4) is 0 Å². The number of fused-ring (bicyclic) bond motifs is 1. The third kappa shape index (κ3) is 2.90. The van der Waals surface area contributed by atoms with Crippen LogP contribution in [0.25, 0.3) is 0 Å². The Balaban J connectivity index is 2.32. The van der Waals surface area contributed by atoms with Crippen molar-refractivity contribution >= 4 is 10.0 Å². The Bertz CT molecular complexity index is 612. The van der Waals surface area contributed by atoms with Crippen molar-refractivity contribution in [2.75, 3.05) is 0 Å². The maximum absolute atomic E-state index is 12.5. The molecule has 0 atom stereocenters. The van der Waals surface area contributed by atoms with Crippen LogP contribution in [0.4, 0.5) is 0 Å². The normalized spacial score (nSPS) is 16.2. The van der Waals surface area contributed by atoms with Gasteiger partial charge in [0, 0.05) is 0 Å². The van der Waals surface area contributed by atoms with Crippen LogP contribution < -0.4 is 4.72 Å². The molecule has 112 valence electrons. The lowest BCUT2D eigenvalue weighted by Gasteiger charge is -2.37. The highest BCUT2D eigenvalue weighted by molar-refractivity contribution is 7.89. The van der Waals surface area contributed by atoms with Crippen LogP contribution in [0.5, 0.6) is 0 Å². The molecule has 2 N–H and O–H groups in total. The SMILES string of the molecule is CC(C)(O)C(C)(C)NS(=O)(=O)c1ccc2c(c1)CCC2. The van der Waals surface area contributed by atoms with E-state index in [0.29, 0.717) is 0 Å². The second kappa shape index (κ2) is 4.83. The minimum absolute atomic E-state index is 0.274. The summed E-state index contributed by atoms with van der Waals surface area (Å²) in [4.78, 5) is 0.274. The van der Waals surface area contributed by atoms with Crippen molar-refractivity contribution in [3.63, 3.8) is 0 Å². The van der Waals surface area contributed by atoms with Gasteiger partial charge in [-0.05, 0) is 70.2 Å². The lowest BCUT2D eigenvalue weighted by molar-refractivity contribution is 0.00639. The van der Waals surface area contributed by atoms with Gasteiger partial charge < -0.3 is 5.11 Å². The van der Waals surface area contributed by atoms with E-state index in [1.807, 2.05) is 6.07 Å². The molecule has 5 heteroatoms. The van der Waals surface area contributed by atoms with Crippen molar-refractivity contribution in [1.82, 2.24) is 4.72 Å². The summed E-state index contributed by atoms with van der Waals surface area (Å²) >= 11 is 0. The molecular weight excluding hydrogens is 274 g/mol. The Hall–Kier alpha value is -0.910. The van der Waals surface area contributed by atoms with E-state index < -0.39 is 21.2 Å². The summed E-state index contributed by atoms with van der Waals surface area (Å²) < 4.78 is 27.5. The minimum Gasteiger partial charge on any atom is -0.389 e. The number of benzene rings is 1. The zero-order chi connectivity index (χ0) is 15.2. The molecule has 0 aromatic heterocycles. The molecule has 0 aliphatic heterocycles. The van der Waals surface area contributed by atoms with Gasteiger partial charge >= 0.3 is 0 Å². The van der Waals surface area contributed by atoms with Gasteiger partial charge in [-0.3, -0.25) is 0 Å². The van der Waals surface area contributed by atoms with Crippen LogP contribution in [0.1, 0.15) is 45.2 Å². The van der Waals surface area contributed by atoms with E-state index >= 15 is 0 Å². The fraction of sp³-hybridized carbons (Fsp3) is 0.600. The fourth-order valence-electron chi connectivity index (χ4n) is 2.24. The Morgan fingerprint density at radius 2 is 1.70 bits per heavy atom. The summed E-state index contributed by atoms with van der Waals surface area (Å²) in [6.07, 6.45) is 3.05. The highest BCUT2D eigenvalue weighted by Gasteiger charge is 2.39. The molecule has 1 aromatic rings. The van der Waals surface area contributed by atoms with Gasteiger partial charge in [-0.25, -0.2) is 13.1 Å². The Morgan fingerprint density at radius 3 is 2.30 bits per heavy atom. The second-order valence-electron chi connectivity index (χ2n) is 6.57. The molecule has 0 radical (unpaired) electrons. The van der Waals surface area contributed by atoms with Gasteiger partial charge in [0.15, 0.2) is 0 Å². The van der Waals surface area contributed by atoms with Gasteiger partial charge in [-0.1, -0.05) is 6.07 Å². The van der Waals surface area contributed by atoms with E-state index in [9.17, 15) is 13.5 Å². The molecule has 0 unspecified atom stereocenters. The highest BCUT2D eigenvalue weighted by atomic mass is 32.2. The molecule has 0 saturated carbocycles. The Kier molecular flexibility index (Phi) is 3.73. The minimum atomic E-state index is -3.63. The smallest absolute Gasteiger partial charge is 0.241 e. The average Bonchev–Trinajstić information content (AvgIpc) is 2.72. The molecule has 0 spiro atoms. The van der Waals surface area contributed by atoms with Gasteiger partial charge in [0.2, 0.25) is 10.0 Å². The number of aliphatic hydroxyl groups is 1. The topological polar surface area (TPSA) is 66.4 Å². The Labute approximate surface area is 121 Å². The first-order valence-electron chi connectivity index (χ1n) is 6.91. The molecule has 0 amide bonds. The molecule has 0 bridgehead atoms. The van der Waals surface area contributed by atoms with E-state index in [1.54, 1.807) is 39.8 Å². The summed E-state index contributed by atoms with van der Waals surface area (Å²) in [5.41, 5.74) is 0.251. The van der Waals surface area contributed by atoms with E-state index in [0.717, 1.165) is 24.8 Å². The monoisotopic (exact) mass is 297 g/mol. The summed E-state index contributed by atoms with van der Waals surface area (Å²) in [7, 11) is -3.63. The van der Waals surface area contributed by atoms with Crippen LogP contribution in [0, 0.1) is 0 Å². The number of rotatable bonds is 4. The lowest BCUT2D eigenvalue weighted by Crippen LogP contribution is -2.57. The summed E-state index contributed by atoms with van der Waals surface area (Å²) in [5.74, 6) is 0. The molecule has 1 aliphatic rings. The zero-order valence-corrected chi connectivity index (χ0v) is 13.3. The first kappa shape index (κ1) is 15.5. The molecule has 1 aromatic carbocycles. The standard InChI is InChI=1S/C15H23NO3S/c1-14(2,15(3,4)17)16-20(18,19)13-9-8-11-6-5-7-12(11)10-13/h8-10,16-17H,5-7H2,1-4H3. The fourth-order valence-corrected chi connectivity index (χ4v) is 3.82. The van der Waals surface area contributed by atoms with Crippen molar-refractivity contribution in [2.24, 2.45) is 0 Å². The van der Waals surface area contributed by atoms with E-state index in [2.05, 4.69) is 4.72 Å². The second-order valence-corrected chi connectivity index (χ2v) is 8.26. The average molecular weight is 297 g/mol. The Morgan fingerprint density at radius 1 is 1.10 bits per heavy atom. The van der Waals surface area contributed by atoms with Crippen molar-refractivity contribution < 1.29 is 13.5 Å². The van der Waals surface area contributed by atoms with Crippen LogP contribution >= 0.6 is 0 Å². The predicted octanol–water partition coefficient (Wildman–Crippen LogP) is 2.00. The number of aryl methyl sites for hydroxylation is 2.